The van der Waals surface area contributed by atoms with Crippen LogP contribution < -0.4 is 10.3 Å². The van der Waals surface area contributed by atoms with Crippen molar-refractivity contribution < 1.29 is 18.7 Å². The monoisotopic (exact) mass is 470 g/mol. The number of aliphatic hydroxyl groups is 1. The van der Waals surface area contributed by atoms with E-state index in [1.807, 2.05) is 19.1 Å². The van der Waals surface area contributed by atoms with Crippen LogP contribution in [0.2, 0.25) is 5.02 Å². The SMILES string of the molecule is Cc1ccc(N2CC(CCO)N=N2)cc1C(=O)c1ccc(Nc2cc(F)ccc2F)cc1Cl. The van der Waals surface area contributed by atoms with Gasteiger partial charge in [0.05, 0.1) is 29.0 Å². The first-order chi connectivity index (χ1) is 15.9. The van der Waals surface area contributed by atoms with Gasteiger partial charge in [-0.2, -0.15) is 5.11 Å². The van der Waals surface area contributed by atoms with Gasteiger partial charge in [0.25, 0.3) is 0 Å². The normalized spacial score (nSPS) is 15.2. The number of aliphatic hydroxyl groups excluding tert-OH is 1. The Morgan fingerprint density at radius 1 is 1.15 bits per heavy atom. The highest BCUT2D eigenvalue weighted by Crippen LogP contribution is 2.30. The van der Waals surface area contributed by atoms with Gasteiger partial charge in [-0.05, 0) is 61.4 Å². The molecule has 0 amide bonds. The second-order valence-corrected chi connectivity index (χ2v) is 8.13. The average Bonchev–Trinajstić information content (AvgIpc) is 3.25. The summed E-state index contributed by atoms with van der Waals surface area (Å²) < 4.78 is 27.3. The highest BCUT2D eigenvalue weighted by molar-refractivity contribution is 6.35. The Kier molecular flexibility index (Phi) is 6.67. The van der Waals surface area contributed by atoms with Gasteiger partial charge in [-0.25, -0.2) is 13.8 Å². The summed E-state index contributed by atoms with van der Waals surface area (Å²) in [4.78, 5) is 13.3. The zero-order chi connectivity index (χ0) is 23.5. The summed E-state index contributed by atoms with van der Waals surface area (Å²) in [6.45, 7) is 2.38. The molecule has 0 saturated carbocycles. The van der Waals surface area contributed by atoms with Gasteiger partial charge < -0.3 is 10.4 Å². The quantitative estimate of drug-likeness (QED) is 0.425. The predicted octanol–water partition coefficient (Wildman–Crippen LogP) is 5.84. The maximum Gasteiger partial charge on any atom is 0.194 e. The van der Waals surface area contributed by atoms with Crippen LogP contribution in [0, 0.1) is 18.6 Å². The molecule has 9 heteroatoms. The number of anilines is 3. The fourth-order valence-electron chi connectivity index (χ4n) is 3.55. The van der Waals surface area contributed by atoms with Crippen molar-refractivity contribution in [1.82, 2.24) is 0 Å². The molecule has 6 nitrogen and oxygen atoms in total. The second kappa shape index (κ2) is 9.64. The van der Waals surface area contributed by atoms with Crippen molar-refractivity contribution in [2.75, 3.05) is 23.5 Å². The summed E-state index contributed by atoms with van der Waals surface area (Å²) in [6, 6.07) is 13.0. The van der Waals surface area contributed by atoms with Crippen molar-refractivity contribution in [3.05, 3.63) is 87.9 Å². The first kappa shape index (κ1) is 22.8. The van der Waals surface area contributed by atoms with Crippen LogP contribution >= 0.6 is 11.6 Å². The molecule has 3 aromatic carbocycles. The van der Waals surface area contributed by atoms with Gasteiger partial charge >= 0.3 is 0 Å². The molecule has 1 aliphatic heterocycles. The van der Waals surface area contributed by atoms with Crippen LogP contribution in [0.1, 0.15) is 27.9 Å². The summed E-state index contributed by atoms with van der Waals surface area (Å²) in [5, 5.41) is 22.0. The standard InChI is InChI=1S/C24H21ClF2N4O2/c1-14-2-5-18(31-13-17(8-9-32)29-30-31)12-20(14)24(33)19-6-4-16(11-21(19)25)28-23-10-15(26)3-7-22(23)27/h2-7,10-12,17,28,32H,8-9,13H2,1H3. The molecule has 3 aromatic rings. The third-order valence-corrected chi connectivity index (χ3v) is 5.67. The number of aryl methyl sites for hydroxylation is 1. The molecule has 0 aromatic heterocycles. The van der Waals surface area contributed by atoms with Gasteiger partial charge in [0.15, 0.2) is 5.78 Å². The molecule has 0 bridgehead atoms. The number of hydrogen-bond donors (Lipinski definition) is 2. The van der Waals surface area contributed by atoms with Crippen LogP contribution in [-0.4, -0.2) is 30.1 Å². The molecule has 0 aliphatic carbocycles. The Morgan fingerprint density at radius 3 is 2.73 bits per heavy atom. The van der Waals surface area contributed by atoms with Gasteiger partial charge in [0.2, 0.25) is 0 Å². The zero-order valence-electron chi connectivity index (χ0n) is 17.7. The van der Waals surface area contributed by atoms with Crippen LogP contribution in [0.5, 0.6) is 0 Å². The minimum Gasteiger partial charge on any atom is -0.396 e. The smallest absolute Gasteiger partial charge is 0.194 e. The van der Waals surface area contributed by atoms with E-state index >= 15 is 0 Å². The number of halogens is 3. The van der Waals surface area contributed by atoms with E-state index < -0.39 is 11.6 Å². The molecule has 2 N–H and O–H groups in total. The van der Waals surface area contributed by atoms with Crippen LogP contribution in [-0.2, 0) is 0 Å². The van der Waals surface area contributed by atoms with Crippen molar-refractivity contribution in [1.29, 1.82) is 0 Å². The maximum absolute atomic E-state index is 13.9. The largest absolute Gasteiger partial charge is 0.396 e. The predicted molar refractivity (Wildman–Crippen MR) is 123 cm³/mol. The van der Waals surface area contributed by atoms with Gasteiger partial charge in [-0.15, -0.1) is 0 Å². The lowest BCUT2D eigenvalue weighted by molar-refractivity contribution is 0.103. The molecule has 1 atom stereocenters. The van der Waals surface area contributed by atoms with E-state index in [0.717, 1.165) is 23.8 Å². The van der Waals surface area contributed by atoms with Crippen molar-refractivity contribution in [3.8, 4) is 0 Å². The van der Waals surface area contributed by atoms with Crippen LogP contribution in [0.3, 0.4) is 0 Å². The Hall–Kier alpha value is -3.36. The van der Waals surface area contributed by atoms with Gasteiger partial charge in [-0.1, -0.05) is 22.9 Å². The second-order valence-electron chi connectivity index (χ2n) is 7.73. The summed E-state index contributed by atoms with van der Waals surface area (Å²) in [5.74, 6) is -1.46. The lowest BCUT2D eigenvalue weighted by Gasteiger charge is -2.16. The summed E-state index contributed by atoms with van der Waals surface area (Å²) >= 11 is 6.39. The minimum absolute atomic E-state index is 0.0321. The summed E-state index contributed by atoms with van der Waals surface area (Å²) in [6.07, 6.45) is 0.521. The van der Waals surface area contributed by atoms with Crippen molar-refractivity contribution >= 4 is 34.4 Å². The third kappa shape index (κ3) is 5.02. The van der Waals surface area contributed by atoms with Crippen molar-refractivity contribution in [3.63, 3.8) is 0 Å². The van der Waals surface area contributed by atoms with E-state index in [1.165, 1.54) is 6.07 Å². The Bertz CT molecular complexity index is 1240. The van der Waals surface area contributed by atoms with Crippen LogP contribution in [0.15, 0.2) is 64.9 Å². The molecular weight excluding hydrogens is 450 g/mol. The number of nitrogens with zero attached hydrogens (tertiary/aromatic N) is 3. The molecule has 0 radical (unpaired) electrons. The number of hydrogen-bond acceptors (Lipinski definition) is 6. The van der Waals surface area contributed by atoms with E-state index in [2.05, 4.69) is 15.7 Å². The lowest BCUT2D eigenvalue weighted by Crippen LogP contribution is -2.21. The average molecular weight is 471 g/mol. The summed E-state index contributed by atoms with van der Waals surface area (Å²) in [5.41, 5.74) is 2.61. The molecule has 4 rings (SSSR count). The Balaban J connectivity index is 1.57. The molecule has 0 fully saturated rings. The van der Waals surface area contributed by atoms with E-state index in [1.54, 1.807) is 23.2 Å². The molecule has 1 heterocycles. The van der Waals surface area contributed by atoms with Crippen LogP contribution in [0.25, 0.3) is 0 Å². The van der Waals surface area contributed by atoms with Gasteiger partial charge in [0, 0.05) is 29.5 Å². The number of carbonyl (C=O) groups excluding carboxylic acids is 1. The molecular formula is C24H21ClF2N4O2. The minimum atomic E-state index is -0.611. The Morgan fingerprint density at radius 2 is 1.97 bits per heavy atom. The number of nitrogens with one attached hydrogen (secondary N) is 1. The summed E-state index contributed by atoms with van der Waals surface area (Å²) in [7, 11) is 0. The highest BCUT2D eigenvalue weighted by Gasteiger charge is 2.22. The topological polar surface area (TPSA) is 77.3 Å². The lowest BCUT2D eigenvalue weighted by atomic mass is 9.98. The zero-order valence-corrected chi connectivity index (χ0v) is 18.5. The molecule has 1 aliphatic rings. The first-order valence-corrected chi connectivity index (χ1v) is 10.7. The number of carbonyl (C=O) groups is 1. The van der Waals surface area contributed by atoms with Gasteiger partial charge in [-0.3, -0.25) is 4.79 Å². The fraction of sp³-hybridized carbons (Fsp3) is 0.208. The molecule has 0 saturated heterocycles. The van der Waals surface area contributed by atoms with Gasteiger partial charge in [0.1, 0.15) is 11.6 Å². The van der Waals surface area contributed by atoms with E-state index in [0.29, 0.717) is 29.9 Å². The van der Waals surface area contributed by atoms with E-state index in [9.17, 15) is 13.6 Å². The fourth-order valence-corrected chi connectivity index (χ4v) is 3.82. The Labute approximate surface area is 194 Å². The number of ketones is 1. The van der Waals surface area contributed by atoms with E-state index in [-0.39, 0.29) is 34.7 Å². The number of rotatable bonds is 7. The van der Waals surface area contributed by atoms with E-state index in [4.69, 9.17) is 16.7 Å². The molecule has 1 unspecified atom stereocenters. The molecule has 170 valence electrons. The number of benzene rings is 3. The molecule has 0 spiro atoms. The van der Waals surface area contributed by atoms with Crippen LogP contribution in [0.4, 0.5) is 25.8 Å². The molecule has 33 heavy (non-hydrogen) atoms. The third-order valence-electron chi connectivity index (χ3n) is 5.35. The van der Waals surface area contributed by atoms with Crippen molar-refractivity contribution in [2.45, 2.75) is 19.4 Å². The van der Waals surface area contributed by atoms with Crippen molar-refractivity contribution in [2.24, 2.45) is 10.3 Å². The first-order valence-electron chi connectivity index (χ1n) is 10.3. The maximum atomic E-state index is 13.9. The highest BCUT2D eigenvalue weighted by atomic mass is 35.5.